The molecule has 48 heavy (non-hydrogen) atoms. The summed E-state index contributed by atoms with van der Waals surface area (Å²) in [6, 6.07) is 21.6. The van der Waals surface area contributed by atoms with Gasteiger partial charge in [-0.05, 0) is 74.7 Å². The van der Waals surface area contributed by atoms with Crippen LogP contribution in [0.25, 0.3) is 16.7 Å². The molecule has 7 rings (SSSR count). The monoisotopic (exact) mass is 647 g/mol. The van der Waals surface area contributed by atoms with Crippen LogP contribution in [0, 0.1) is 12.8 Å². The highest BCUT2D eigenvalue weighted by Crippen LogP contribution is 2.36. The van der Waals surface area contributed by atoms with Crippen molar-refractivity contribution in [2.75, 3.05) is 33.3 Å². The number of hydrogen-bond donors (Lipinski definition) is 1. The molecule has 5 heterocycles. The Bertz CT molecular complexity index is 1950. The van der Waals surface area contributed by atoms with Crippen molar-refractivity contribution in [3.63, 3.8) is 0 Å². The van der Waals surface area contributed by atoms with Gasteiger partial charge in [0.25, 0.3) is 5.56 Å². The zero-order valence-corrected chi connectivity index (χ0v) is 27.4. The first-order valence-electron chi connectivity index (χ1n) is 16.6. The van der Waals surface area contributed by atoms with Gasteiger partial charge in [-0.15, -0.1) is 0 Å². The summed E-state index contributed by atoms with van der Waals surface area (Å²) in [4.78, 5) is 45.3. The Morgan fingerprint density at radius 1 is 1.00 bits per heavy atom. The second-order valence-electron chi connectivity index (χ2n) is 13.1. The number of amides is 1. The molecule has 248 valence electrons. The third-order valence-electron chi connectivity index (χ3n) is 9.95. The van der Waals surface area contributed by atoms with Gasteiger partial charge in [0.2, 0.25) is 5.91 Å². The fourth-order valence-corrected chi connectivity index (χ4v) is 7.29. The van der Waals surface area contributed by atoms with E-state index in [2.05, 4.69) is 32.0 Å². The lowest BCUT2D eigenvalue weighted by Gasteiger charge is -2.43. The summed E-state index contributed by atoms with van der Waals surface area (Å²) in [5.41, 5.74) is 2.25. The summed E-state index contributed by atoms with van der Waals surface area (Å²) < 4.78 is 8.62. The Morgan fingerprint density at radius 2 is 1.77 bits per heavy atom. The van der Waals surface area contributed by atoms with Crippen molar-refractivity contribution in [1.29, 1.82) is 0 Å². The van der Waals surface area contributed by atoms with Gasteiger partial charge in [0.15, 0.2) is 5.65 Å². The van der Waals surface area contributed by atoms with Gasteiger partial charge in [-0.25, -0.2) is 15.0 Å². The molecule has 0 saturated carbocycles. The molecule has 11 nitrogen and oxygen atoms in total. The number of nitrogens with zero attached hydrogens (tertiary/aromatic N) is 7. The van der Waals surface area contributed by atoms with Gasteiger partial charge in [-0.2, -0.15) is 0 Å². The molecule has 11 heteroatoms. The maximum atomic E-state index is 14.1. The first-order valence-corrected chi connectivity index (χ1v) is 16.6. The van der Waals surface area contributed by atoms with Crippen LogP contribution in [0.1, 0.15) is 42.3 Å². The molecule has 2 fully saturated rings. The molecule has 5 aromatic rings. The predicted octanol–water partition coefficient (Wildman–Crippen LogP) is 3.95. The summed E-state index contributed by atoms with van der Waals surface area (Å²) in [5.74, 6) is 1.55. The lowest BCUT2D eigenvalue weighted by atomic mass is 9.79. The fraction of sp³-hybridized carbons (Fsp3) is 0.378. The molecule has 2 aliphatic rings. The average molecular weight is 648 g/mol. The van der Waals surface area contributed by atoms with E-state index in [4.69, 9.17) is 4.74 Å². The number of aliphatic hydroxyl groups is 1. The number of aromatic nitrogens is 5. The van der Waals surface area contributed by atoms with Gasteiger partial charge in [-0.3, -0.25) is 19.1 Å². The third kappa shape index (κ3) is 6.48. The Balaban J connectivity index is 1.02. The molecular weight excluding hydrogens is 606 g/mol. The Labute approximate surface area is 279 Å². The van der Waals surface area contributed by atoms with E-state index in [0.29, 0.717) is 37.0 Å². The maximum absolute atomic E-state index is 14.1. The molecule has 2 aliphatic heterocycles. The van der Waals surface area contributed by atoms with E-state index < -0.39 is 5.60 Å². The highest BCUT2D eigenvalue weighted by Gasteiger charge is 2.41. The molecule has 2 saturated heterocycles. The number of piperidine rings is 2. The molecule has 2 aromatic carbocycles. The van der Waals surface area contributed by atoms with Crippen LogP contribution >= 0.6 is 0 Å². The first kappa shape index (κ1) is 31.7. The number of carbonyl (C=O) groups excluding carboxylic acids is 1. The minimum absolute atomic E-state index is 0.0535. The SMILES string of the molecule is COc1ccc(-n2ccc3c(=O)n(CC4(O)CCN(C(=O)[C@@H]5CCN(Cc6ccnc(C)n6)C[C@H]5c5ccccc5)CC4)cnc32)cc1. The average Bonchev–Trinajstić information content (AvgIpc) is 3.55. The minimum Gasteiger partial charge on any atom is -0.497 e. The summed E-state index contributed by atoms with van der Waals surface area (Å²) in [6.07, 6.45) is 6.66. The van der Waals surface area contributed by atoms with E-state index in [9.17, 15) is 14.7 Å². The van der Waals surface area contributed by atoms with Crippen molar-refractivity contribution in [2.45, 2.75) is 50.8 Å². The van der Waals surface area contributed by atoms with Gasteiger partial charge in [0, 0.05) is 56.1 Å². The van der Waals surface area contributed by atoms with E-state index in [1.165, 1.54) is 10.9 Å². The van der Waals surface area contributed by atoms with Crippen molar-refractivity contribution in [2.24, 2.45) is 5.92 Å². The van der Waals surface area contributed by atoms with Gasteiger partial charge >= 0.3 is 0 Å². The van der Waals surface area contributed by atoms with Crippen LogP contribution in [0.2, 0.25) is 0 Å². The molecular formula is C37H41N7O4. The third-order valence-corrected chi connectivity index (χ3v) is 9.95. The summed E-state index contributed by atoms with van der Waals surface area (Å²) in [7, 11) is 1.62. The van der Waals surface area contributed by atoms with E-state index >= 15 is 0 Å². The minimum atomic E-state index is -1.12. The molecule has 0 unspecified atom stereocenters. The van der Waals surface area contributed by atoms with E-state index in [0.717, 1.165) is 54.6 Å². The number of hydrogen-bond acceptors (Lipinski definition) is 8. The molecule has 0 bridgehead atoms. The lowest BCUT2D eigenvalue weighted by Crippen LogP contribution is -2.53. The van der Waals surface area contributed by atoms with Crippen LogP contribution in [-0.4, -0.2) is 83.8 Å². The van der Waals surface area contributed by atoms with Gasteiger partial charge in [0.1, 0.15) is 17.9 Å². The van der Waals surface area contributed by atoms with Gasteiger partial charge < -0.3 is 19.3 Å². The highest BCUT2D eigenvalue weighted by atomic mass is 16.5. The lowest BCUT2D eigenvalue weighted by molar-refractivity contribution is -0.142. The van der Waals surface area contributed by atoms with Crippen LogP contribution in [-0.2, 0) is 17.9 Å². The largest absolute Gasteiger partial charge is 0.497 e. The molecule has 0 radical (unpaired) electrons. The van der Waals surface area contributed by atoms with Crippen LogP contribution < -0.4 is 10.3 Å². The fourth-order valence-electron chi connectivity index (χ4n) is 7.29. The molecule has 0 aliphatic carbocycles. The summed E-state index contributed by atoms with van der Waals surface area (Å²) >= 11 is 0. The number of methoxy groups -OCH3 is 1. The number of likely N-dealkylation sites (tertiary alicyclic amines) is 2. The molecule has 2 atom stereocenters. The van der Waals surface area contributed by atoms with Crippen molar-refractivity contribution < 1.29 is 14.6 Å². The van der Waals surface area contributed by atoms with E-state index in [-0.39, 0.29) is 29.8 Å². The standard InChI is InChI=1S/C37H41N7O4/c1-26-38-17-12-28(40-26)22-41-18-13-31(33(23-41)27-6-4-3-5-7-27)35(45)42-20-15-37(47,16-21-42)24-43-25-39-34-32(36(43)46)14-19-44(34)29-8-10-30(48-2)11-9-29/h3-12,14,17,19,25,31,33,47H,13,15-16,18,20-24H2,1-2H3/t31-,33+/m1/s1. The van der Waals surface area contributed by atoms with Gasteiger partial charge in [-0.1, -0.05) is 30.3 Å². The summed E-state index contributed by atoms with van der Waals surface area (Å²) in [6.45, 7) is 5.19. The van der Waals surface area contributed by atoms with Gasteiger partial charge in [0.05, 0.1) is 30.3 Å². The number of aryl methyl sites for hydroxylation is 1. The zero-order valence-electron chi connectivity index (χ0n) is 27.4. The number of ether oxygens (including phenoxy) is 1. The quantitative estimate of drug-likeness (QED) is 0.269. The molecule has 0 spiro atoms. The number of rotatable bonds is 8. The number of benzene rings is 2. The Morgan fingerprint density at radius 3 is 2.50 bits per heavy atom. The van der Waals surface area contributed by atoms with Crippen LogP contribution in [0.15, 0.2) is 90.2 Å². The topological polar surface area (TPSA) is 119 Å². The summed E-state index contributed by atoms with van der Waals surface area (Å²) in [5, 5.41) is 12.1. The van der Waals surface area contributed by atoms with E-state index in [1.807, 2.05) is 71.1 Å². The van der Waals surface area contributed by atoms with Crippen LogP contribution in [0.4, 0.5) is 0 Å². The molecule has 1 N–H and O–H groups in total. The Kier molecular flexibility index (Phi) is 8.81. The molecule has 3 aromatic heterocycles. The predicted molar refractivity (Wildman–Crippen MR) is 182 cm³/mol. The van der Waals surface area contributed by atoms with Crippen molar-refractivity contribution >= 4 is 16.9 Å². The first-order chi connectivity index (χ1) is 23.3. The normalized spacial score (nSPS) is 19.8. The molecule has 1 amide bonds. The number of carbonyl (C=O) groups is 1. The Hall–Kier alpha value is -4.87. The van der Waals surface area contributed by atoms with Crippen molar-refractivity contribution in [3.05, 3.63) is 113 Å². The van der Waals surface area contributed by atoms with Crippen molar-refractivity contribution in [3.8, 4) is 11.4 Å². The number of fused-ring (bicyclic) bond motifs is 1. The van der Waals surface area contributed by atoms with Crippen LogP contribution in [0.3, 0.4) is 0 Å². The van der Waals surface area contributed by atoms with Crippen molar-refractivity contribution in [1.82, 2.24) is 33.9 Å². The second kappa shape index (κ2) is 13.3. The van der Waals surface area contributed by atoms with E-state index in [1.54, 1.807) is 19.4 Å². The highest BCUT2D eigenvalue weighted by molar-refractivity contribution is 5.80. The zero-order chi connectivity index (χ0) is 33.3. The maximum Gasteiger partial charge on any atom is 0.262 e. The van der Waals surface area contributed by atoms with Crippen LogP contribution in [0.5, 0.6) is 5.75 Å². The second-order valence-corrected chi connectivity index (χ2v) is 13.1. The smallest absolute Gasteiger partial charge is 0.262 e.